The molecule has 0 bridgehead atoms. The van der Waals surface area contributed by atoms with Crippen molar-refractivity contribution in [1.82, 2.24) is 0 Å². The highest BCUT2D eigenvalue weighted by Gasteiger charge is 2.44. The summed E-state index contributed by atoms with van der Waals surface area (Å²) >= 11 is 0. The Morgan fingerprint density at radius 1 is 1.24 bits per heavy atom. The quantitative estimate of drug-likeness (QED) is 0.365. The molecule has 0 aromatic carbocycles. The summed E-state index contributed by atoms with van der Waals surface area (Å²) in [6, 6.07) is 0. The van der Waals surface area contributed by atoms with Gasteiger partial charge in [-0.1, -0.05) is 18.2 Å². The Bertz CT molecular complexity index is 344. The van der Waals surface area contributed by atoms with Crippen LogP contribution in [0.25, 0.3) is 0 Å². The third-order valence-corrected chi connectivity index (χ3v) is 3.43. The molecule has 0 radical (unpaired) electrons. The van der Waals surface area contributed by atoms with E-state index in [9.17, 15) is 20.4 Å². The predicted molar refractivity (Wildman–Crippen MR) is 74.2 cm³/mol. The van der Waals surface area contributed by atoms with Crippen molar-refractivity contribution >= 4 is 0 Å². The number of ether oxygens (including phenoxy) is 2. The lowest BCUT2D eigenvalue weighted by Crippen LogP contribution is -2.59. The second kappa shape index (κ2) is 8.60. The first-order valence-electron chi connectivity index (χ1n) is 6.81. The number of hydrogen-bond donors (Lipinski definition) is 5. The van der Waals surface area contributed by atoms with Crippen LogP contribution in [0.2, 0.25) is 0 Å². The van der Waals surface area contributed by atoms with Gasteiger partial charge in [-0.05, 0) is 6.92 Å². The minimum atomic E-state index is -1.48. The highest BCUT2D eigenvalue weighted by molar-refractivity contribution is 4.97. The van der Waals surface area contributed by atoms with Gasteiger partial charge in [-0.15, -0.1) is 6.58 Å². The van der Waals surface area contributed by atoms with Crippen LogP contribution in [-0.4, -0.2) is 75.6 Å². The number of rotatable bonds is 7. The van der Waals surface area contributed by atoms with Crippen LogP contribution in [0.5, 0.6) is 0 Å². The van der Waals surface area contributed by atoms with Gasteiger partial charge < -0.3 is 35.0 Å². The third-order valence-electron chi connectivity index (χ3n) is 3.43. The maximum atomic E-state index is 9.83. The molecule has 7 atom stereocenters. The topological polar surface area (TPSA) is 120 Å². The summed E-state index contributed by atoms with van der Waals surface area (Å²) in [5, 5.41) is 48.0. The molecule has 122 valence electrons. The van der Waals surface area contributed by atoms with Crippen molar-refractivity contribution in [2.24, 2.45) is 5.92 Å². The van der Waals surface area contributed by atoms with Crippen molar-refractivity contribution in [2.75, 3.05) is 13.2 Å². The fraction of sp³-hybridized carbons (Fsp3) is 0.714. The molecule has 0 aromatic rings. The zero-order valence-electron chi connectivity index (χ0n) is 11.9. The van der Waals surface area contributed by atoms with E-state index in [1.54, 1.807) is 19.1 Å². The Labute approximate surface area is 123 Å². The fourth-order valence-corrected chi connectivity index (χ4v) is 2.06. The minimum Gasteiger partial charge on any atom is -0.394 e. The van der Waals surface area contributed by atoms with Crippen molar-refractivity contribution in [2.45, 2.75) is 43.7 Å². The molecule has 0 aliphatic carbocycles. The van der Waals surface area contributed by atoms with E-state index in [-0.39, 0.29) is 6.61 Å². The van der Waals surface area contributed by atoms with Gasteiger partial charge in [0.1, 0.15) is 24.4 Å². The number of aliphatic hydroxyl groups excluding tert-OH is 5. The van der Waals surface area contributed by atoms with Crippen LogP contribution >= 0.6 is 0 Å². The summed E-state index contributed by atoms with van der Waals surface area (Å²) in [4.78, 5) is 0. The van der Waals surface area contributed by atoms with E-state index in [0.29, 0.717) is 0 Å². The average molecular weight is 304 g/mol. The molecule has 1 aliphatic rings. The summed E-state index contributed by atoms with van der Waals surface area (Å²) < 4.78 is 10.5. The molecule has 3 unspecified atom stereocenters. The van der Waals surface area contributed by atoms with Gasteiger partial charge in [0, 0.05) is 5.92 Å². The van der Waals surface area contributed by atoms with Gasteiger partial charge in [0.2, 0.25) is 0 Å². The van der Waals surface area contributed by atoms with Crippen LogP contribution in [0.3, 0.4) is 0 Å². The first-order valence-corrected chi connectivity index (χ1v) is 6.81. The average Bonchev–Trinajstić information content (AvgIpc) is 2.48. The minimum absolute atomic E-state index is 0.00228. The van der Waals surface area contributed by atoms with Crippen LogP contribution in [0.1, 0.15) is 6.92 Å². The summed E-state index contributed by atoms with van der Waals surface area (Å²) in [7, 11) is 0. The maximum Gasteiger partial charge on any atom is 0.186 e. The molecule has 1 fully saturated rings. The lowest BCUT2D eigenvalue weighted by molar-refractivity contribution is -0.303. The molecule has 0 saturated carbocycles. The molecule has 21 heavy (non-hydrogen) atoms. The smallest absolute Gasteiger partial charge is 0.186 e. The van der Waals surface area contributed by atoms with Crippen molar-refractivity contribution in [3.63, 3.8) is 0 Å². The first-order chi connectivity index (χ1) is 9.96. The highest BCUT2D eigenvalue weighted by atomic mass is 16.7. The molecule has 1 saturated heterocycles. The fourth-order valence-electron chi connectivity index (χ4n) is 2.06. The molecule has 1 rings (SSSR count). The van der Waals surface area contributed by atoms with Gasteiger partial charge in [-0.3, -0.25) is 0 Å². The summed E-state index contributed by atoms with van der Waals surface area (Å²) in [6.07, 6.45) is -2.61. The van der Waals surface area contributed by atoms with Gasteiger partial charge in [0.15, 0.2) is 6.29 Å². The van der Waals surface area contributed by atoms with E-state index >= 15 is 0 Å². The van der Waals surface area contributed by atoms with Gasteiger partial charge in [0.05, 0.1) is 19.3 Å². The summed E-state index contributed by atoms with van der Waals surface area (Å²) in [5.74, 6) is -0.423. The Morgan fingerprint density at radius 3 is 2.43 bits per heavy atom. The second-order valence-corrected chi connectivity index (χ2v) is 4.95. The van der Waals surface area contributed by atoms with E-state index < -0.39 is 49.3 Å². The Balaban J connectivity index is 2.62. The molecule has 5 N–H and O–H groups in total. The normalized spacial score (nSPS) is 36.6. The van der Waals surface area contributed by atoms with E-state index in [1.807, 2.05) is 0 Å². The molecule has 0 spiro atoms. The van der Waals surface area contributed by atoms with Crippen molar-refractivity contribution in [1.29, 1.82) is 0 Å². The Morgan fingerprint density at radius 2 is 1.90 bits per heavy atom. The van der Waals surface area contributed by atoms with Gasteiger partial charge in [-0.2, -0.15) is 0 Å². The predicted octanol–water partition coefficient (Wildman–Crippen LogP) is -1.46. The number of aliphatic hydroxyl groups is 5. The van der Waals surface area contributed by atoms with Crippen molar-refractivity contribution in [3.05, 3.63) is 24.8 Å². The van der Waals surface area contributed by atoms with Gasteiger partial charge in [0.25, 0.3) is 0 Å². The Hall–Kier alpha value is -0.800. The van der Waals surface area contributed by atoms with Gasteiger partial charge >= 0.3 is 0 Å². The van der Waals surface area contributed by atoms with Crippen LogP contribution in [0.4, 0.5) is 0 Å². The van der Waals surface area contributed by atoms with E-state index in [4.69, 9.17) is 14.6 Å². The van der Waals surface area contributed by atoms with E-state index in [1.165, 1.54) is 6.08 Å². The molecule has 1 aliphatic heterocycles. The molecule has 0 amide bonds. The third kappa shape index (κ3) is 4.58. The van der Waals surface area contributed by atoms with Crippen molar-refractivity contribution in [3.8, 4) is 0 Å². The van der Waals surface area contributed by atoms with E-state index in [2.05, 4.69) is 6.58 Å². The van der Waals surface area contributed by atoms with Gasteiger partial charge in [-0.25, -0.2) is 0 Å². The Kier molecular flexibility index (Phi) is 7.47. The van der Waals surface area contributed by atoms with E-state index in [0.717, 1.165) is 0 Å². The number of hydrogen-bond acceptors (Lipinski definition) is 7. The highest BCUT2D eigenvalue weighted by Crippen LogP contribution is 2.23. The van der Waals surface area contributed by atoms with Crippen LogP contribution in [0, 0.1) is 5.92 Å². The number of allylic oxidation sites excluding steroid dienone is 1. The molecule has 0 aromatic heterocycles. The molecule has 7 nitrogen and oxygen atoms in total. The van der Waals surface area contributed by atoms with Crippen molar-refractivity contribution < 1.29 is 35.0 Å². The second-order valence-electron chi connectivity index (χ2n) is 4.95. The molecular weight excluding hydrogens is 280 g/mol. The summed E-state index contributed by atoms with van der Waals surface area (Å²) in [6.45, 7) is 4.85. The molecule has 1 heterocycles. The SMILES string of the molecule is C=C[C@@H](CO[C@H]1OC(CO)[C@H](O)C(O)C1O)[C@H](O)/C=C/C. The zero-order valence-corrected chi connectivity index (χ0v) is 11.9. The monoisotopic (exact) mass is 304 g/mol. The largest absolute Gasteiger partial charge is 0.394 e. The van der Waals surface area contributed by atoms with Crippen LogP contribution in [-0.2, 0) is 9.47 Å². The zero-order chi connectivity index (χ0) is 16.0. The lowest BCUT2D eigenvalue weighted by atomic mass is 9.99. The standard InChI is InChI=1S/C14H24O7/c1-3-5-9(16)8(4-2)7-20-14-13(19)12(18)11(17)10(6-15)21-14/h3-5,8-19H,2,6-7H2,1H3/b5-3+/t8-,9+,10?,11-,12?,13?,14-/m0/s1. The lowest BCUT2D eigenvalue weighted by Gasteiger charge is -2.40. The maximum absolute atomic E-state index is 9.83. The summed E-state index contributed by atoms with van der Waals surface area (Å²) in [5.41, 5.74) is 0. The first kappa shape index (κ1) is 18.2. The molecular formula is C14H24O7. The molecule has 7 heteroatoms. The van der Waals surface area contributed by atoms with Crippen LogP contribution < -0.4 is 0 Å². The van der Waals surface area contributed by atoms with Crippen LogP contribution in [0.15, 0.2) is 24.8 Å².